The van der Waals surface area contributed by atoms with Crippen molar-refractivity contribution in [3.05, 3.63) is 177 Å². The van der Waals surface area contributed by atoms with Crippen LogP contribution in [0.3, 0.4) is 0 Å². The van der Waals surface area contributed by atoms with Gasteiger partial charge in [0.25, 0.3) is 6.71 Å². The molecule has 0 saturated carbocycles. The van der Waals surface area contributed by atoms with Gasteiger partial charge in [0.1, 0.15) is 0 Å². The van der Waals surface area contributed by atoms with Crippen molar-refractivity contribution in [3.8, 4) is 0 Å². The van der Waals surface area contributed by atoms with Gasteiger partial charge in [-0.2, -0.15) is 0 Å². The van der Waals surface area contributed by atoms with Crippen LogP contribution in [0, 0.1) is 27.7 Å². The summed E-state index contributed by atoms with van der Waals surface area (Å²) in [5, 5.41) is 0. The molecule has 3 nitrogen and oxygen atoms in total. The van der Waals surface area contributed by atoms with Crippen molar-refractivity contribution in [2.45, 2.75) is 158 Å². The van der Waals surface area contributed by atoms with E-state index in [-0.39, 0.29) is 33.8 Å². The molecule has 2 heterocycles. The molecule has 0 aromatic heterocycles. The van der Waals surface area contributed by atoms with E-state index in [1.54, 1.807) is 0 Å². The lowest BCUT2D eigenvalue weighted by Gasteiger charge is -2.48. The van der Waals surface area contributed by atoms with Crippen molar-refractivity contribution in [1.29, 1.82) is 0 Å². The maximum absolute atomic E-state index is 2.72. The predicted octanol–water partition coefficient (Wildman–Crippen LogP) is 16.7. The second kappa shape index (κ2) is 16.3. The predicted molar refractivity (Wildman–Crippen MR) is 305 cm³/mol. The van der Waals surface area contributed by atoms with Crippen LogP contribution in [-0.4, -0.2) is 6.71 Å². The van der Waals surface area contributed by atoms with Gasteiger partial charge in [-0.05, 0) is 189 Å². The molecule has 1 aliphatic carbocycles. The number of hydrogen-bond acceptors (Lipinski definition) is 3. The third-order valence-corrected chi connectivity index (χ3v) is 16.3. The molecule has 3 aliphatic rings. The second-order valence-corrected chi connectivity index (χ2v) is 25.7. The van der Waals surface area contributed by atoms with Gasteiger partial charge in [-0.25, -0.2) is 0 Å². The van der Waals surface area contributed by atoms with E-state index in [1.807, 2.05) is 0 Å². The minimum atomic E-state index is -0.138. The molecule has 0 spiro atoms. The molecule has 2 aliphatic heterocycles. The van der Waals surface area contributed by atoms with Gasteiger partial charge in [0, 0.05) is 39.8 Å². The molecule has 0 unspecified atom stereocenters. The number of benzene rings is 7. The van der Waals surface area contributed by atoms with Crippen LogP contribution in [0.5, 0.6) is 0 Å². The van der Waals surface area contributed by atoms with Crippen molar-refractivity contribution in [3.63, 3.8) is 0 Å². The summed E-state index contributed by atoms with van der Waals surface area (Å²) in [5.74, 6) is 0. The van der Waals surface area contributed by atoms with Gasteiger partial charge >= 0.3 is 0 Å². The monoisotopic (exact) mass is 922 g/mol. The average Bonchev–Trinajstić information content (AvgIpc) is 3.28. The largest absolute Gasteiger partial charge is 0.311 e. The molecule has 358 valence electrons. The molecule has 0 atom stereocenters. The molecule has 0 N–H and O–H groups in total. The zero-order chi connectivity index (χ0) is 50.2. The Morgan fingerprint density at radius 2 is 0.800 bits per heavy atom. The first-order chi connectivity index (χ1) is 32.8. The first-order valence-electron chi connectivity index (χ1n) is 26.0. The third kappa shape index (κ3) is 7.80. The third-order valence-electron chi connectivity index (χ3n) is 16.3. The van der Waals surface area contributed by atoms with E-state index in [0.29, 0.717) is 0 Å². The van der Waals surface area contributed by atoms with Crippen LogP contribution in [0.4, 0.5) is 51.2 Å². The van der Waals surface area contributed by atoms with E-state index in [0.717, 1.165) is 29.9 Å². The average molecular weight is 922 g/mol. The Labute approximate surface area is 422 Å². The lowest BCUT2D eigenvalue weighted by molar-refractivity contribution is 0.332. The van der Waals surface area contributed by atoms with Crippen LogP contribution in [0.15, 0.2) is 127 Å². The van der Waals surface area contributed by atoms with Crippen LogP contribution in [-0.2, 0) is 27.1 Å². The lowest BCUT2D eigenvalue weighted by Crippen LogP contribution is -2.62. The Morgan fingerprint density at radius 3 is 1.21 bits per heavy atom. The molecule has 0 saturated heterocycles. The van der Waals surface area contributed by atoms with Crippen LogP contribution >= 0.6 is 0 Å². The number of aryl methyl sites for hydroxylation is 4. The minimum absolute atomic E-state index is 0.00720. The normalized spacial score (nSPS) is 15.8. The van der Waals surface area contributed by atoms with Crippen molar-refractivity contribution >= 4 is 74.3 Å². The zero-order valence-corrected chi connectivity index (χ0v) is 45.5. The van der Waals surface area contributed by atoms with Crippen molar-refractivity contribution in [1.82, 2.24) is 0 Å². The molecule has 70 heavy (non-hydrogen) atoms. The molecule has 0 amide bonds. The highest BCUT2D eigenvalue weighted by Gasteiger charge is 2.48. The first-order valence-corrected chi connectivity index (χ1v) is 26.0. The van der Waals surface area contributed by atoms with Gasteiger partial charge in [0.2, 0.25) is 0 Å². The summed E-state index contributed by atoms with van der Waals surface area (Å²) in [4.78, 5) is 7.84. The van der Waals surface area contributed by atoms with Crippen LogP contribution in [0.25, 0.3) is 0 Å². The Hall–Kier alpha value is -6.00. The molecule has 10 rings (SSSR count). The van der Waals surface area contributed by atoms with Crippen LogP contribution < -0.4 is 31.1 Å². The number of nitrogens with zero attached hydrogens (tertiary/aromatic N) is 3. The topological polar surface area (TPSA) is 9.72 Å². The fourth-order valence-corrected chi connectivity index (χ4v) is 12.2. The van der Waals surface area contributed by atoms with Crippen molar-refractivity contribution < 1.29 is 0 Å². The fraction of sp³-hybridized carbons (Fsp3) is 0.364. The van der Waals surface area contributed by atoms with Gasteiger partial charge in [-0.1, -0.05) is 163 Å². The smallest absolute Gasteiger partial charge is 0.252 e. The molecule has 0 fully saturated rings. The van der Waals surface area contributed by atoms with Crippen LogP contribution in [0.2, 0.25) is 0 Å². The highest BCUT2D eigenvalue weighted by molar-refractivity contribution is 7.00. The Bertz CT molecular complexity index is 3120. The molecular formula is C66H76BN3. The summed E-state index contributed by atoms with van der Waals surface area (Å²) in [6.07, 6.45) is 2.32. The highest BCUT2D eigenvalue weighted by Crippen LogP contribution is 2.53. The van der Waals surface area contributed by atoms with E-state index < -0.39 is 0 Å². The summed E-state index contributed by atoms with van der Waals surface area (Å²) in [6, 6.07) is 49.5. The zero-order valence-electron chi connectivity index (χ0n) is 45.5. The molecule has 7 aromatic carbocycles. The lowest BCUT2D eigenvalue weighted by atomic mass is 9.33. The number of anilines is 9. The van der Waals surface area contributed by atoms with Crippen molar-refractivity contribution in [2.75, 3.05) is 14.7 Å². The highest BCUT2D eigenvalue weighted by atomic mass is 15.2. The van der Waals surface area contributed by atoms with E-state index >= 15 is 0 Å². The van der Waals surface area contributed by atoms with Crippen molar-refractivity contribution in [2.24, 2.45) is 0 Å². The second-order valence-electron chi connectivity index (χ2n) is 25.7. The van der Waals surface area contributed by atoms with Crippen LogP contribution in [0.1, 0.15) is 153 Å². The number of hydrogen-bond donors (Lipinski definition) is 0. The van der Waals surface area contributed by atoms with E-state index in [4.69, 9.17) is 0 Å². The number of fused-ring (bicyclic) bond motifs is 5. The van der Waals surface area contributed by atoms with Gasteiger partial charge in [-0.3, -0.25) is 0 Å². The van der Waals surface area contributed by atoms with Gasteiger partial charge < -0.3 is 14.7 Å². The molecule has 7 aromatic rings. The number of para-hydroxylation sites is 2. The number of rotatable bonds is 5. The van der Waals surface area contributed by atoms with E-state index in [9.17, 15) is 0 Å². The standard InChI is InChI=1S/C66H76BN3/c1-41-32-45(62(5,6)7)33-42(2)60(41)69-55-38-50(68(48-24-20-18-21-25-48)49-26-22-19-23-27-49)28-29-53(55)67-54-39-51-52(66(16,17)31-30-65(51,14)15)40-56(54)70(58-37-47(64(11,12)13)36-57(69)59(58)67)61-43(3)34-46(35-44(61)4)63(8,9)10/h18-29,32-40H,30-31H2,1-17H3. The Morgan fingerprint density at radius 1 is 0.414 bits per heavy atom. The molecule has 4 heteroatoms. The summed E-state index contributed by atoms with van der Waals surface area (Å²) in [6.45, 7) is 40.5. The summed E-state index contributed by atoms with van der Waals surface area (Å²) in [7, 11) is 0. The summed E-state index contributed by atoms with van der Waals surface area (Å²) < 4.78 is 0. The first kappa shape index (κ1) is 47.7. The fourth-order valence-electron chi connectivity index (χ4n) is 12.2. The maximum Gasteiger partial charge on any atom is 0.252 e. The van der Waals surface area contributed by atoms with Gasteiger partial charge in [0.05, 0.1) is 11.4 Å². The molecular weight excluding hydrogens is 846 g/mol. The summed E-state index contributed by atoms with van der Waals surface area (Å²) in [5.41, 5.74) is 27.4. The maximum atomic E-state index is 2.72. The van der Waals surface area contributed by atoms with Gasteiger partial charge in [0.15, 0.2) is 0 Å². The van der Waals surface area contributed by atoms with Gasteiger partial charge in [-0.15, -0.1) is 0 Å². The SMILES string of the molecule is Cc1cc(C(C)(C)C)cc(C)c1N1c2cc(N(c3ccccc3)c3ccccc3)ccc2B2c3cc4c(cc3N(c3c(C)cc(C(C)(C)C)cc3C)c3cc(C(C)(C)C)cc1c32)C(C)(C)CCC4(C)C. The molecule has 0 radical (unpaired) electrons. The minimum Gasteiger partial charge on any atom is -0.311 e. The Kier molecular flexibility index (Phi) is 11.1. The molecule has 0 bridgehead atoms. The van der Waals surface area contributed by atoms with E-state index in [2.05, 4.69) is 260 Å². The summed E-state index contributed by atoms with van der Waals surface area (Å²) >= 11 is 0. The Balaban J connectivity index is 1.37. The van der Waals surface area contributed by atoms with E-state index in [1.165, 1.54) is 101 Å². The quantitative estimate of drug-likeness (QED) is 0.159.